The molecule has 0 saturated carbocycles. The molecule has 0 aliphatic rings. The molecule has 0 bridgehead atoms. The van der Waals surface area contributed by atoms with E-state index in [2.05, 4.69) is 0 Å². The molecule has 2 atom stereocenters. The van der Waals surface area contributed by atoms with Crippen molar-refractivity contribution in [3.63, 3.8) is 0 Å². The second-order valence-corrected chi connectivity index (χ2v) is 5.78. The molecule has 0 amide bonds. The minimum atomic E-state index is -2.02. The predicted molar refractivity (Wildman–Crippen MR) is 76.9 cm³/mol. The van der Waals surface area contributed by atoms with Gasteiger partial charge in [0, 0.05) is 6.07 Å². The average Bonchev–Trinajstić information content (AvgIpc) is 2.45. The number of rotatable bonds is 7. The lowest BCUT2D eigenvalue weighted by Crippen LogP contribution is -2.20. The number of carbonyl (C=O) groups excluding carboxylic acids is 1. The van der Waals surface area contributed by atoms with Crippen LogP contribution >= 0.6 is 0 Å². The van der Waals surface area contributed by atoms with Crippen LogP contribution < -0.4 is 0 Å². The fourth-order valence-corrected chi connectivity index (χ4v) is 2.51. The van der Waals surface area contributed by atoms with Gasteiger partial charge in [0.15, 0.2) is 0 Å². The number of benzene rings is 1. The summed E-state index contributed by atoms with van der Waals surface area (Å²) >= 11 is 0. The van der Waals surface area contributed by atoms with E-state index >= 15 is 0 Å². The highest BCUT2D eigenvalue weighted by molar-refractivity contribution is 7.85. The lowest BCUT2D eigenvalue weighted by atomic mass is 10.3. The molecule has 9 nitrogen and oxygen atoms in total. The quantitative estimate of drug-likeness (QED) is 0.424. The summed E-state index contributed by atoms with van der Waals surface area (Å²) < 4.78 is 17.0. The van der Waals surface area contributed by atoms with Gasteiger partial charge in [-0.1, -0.05) is 6.92 Å². The molecule has 0 fully saturated rings. The van der Waals surface area contributed by atoms with Crippen molar-refractivity contribution in [3.8, 4) is 0 Å². The minimum Gasteiger partial charge on any atom is -0.462 e. The maximum absolute atomic E-state index is 12.1. The number of nitro groups is 2. The molecular formula is C12H14N2O7S. The standard InChI is InChI=1S/C12H14N2O7S/c1-3-8(2)21-12(15)7-22(20)11-5-4-9(13(16)17)6-10(11)14(18)19/h4-6,8H,3,7H2,1-2H3. The van der Waals surface area contributed by atoms with Crippen LogP contribution in [0, 0.1) is 20.2 Å². The van der Waals surface area contributed by atoms with Crippen molar-refractivity contribution in [1.29, 1.82) is 0 Å². The summed E-state index contributed by atoms with van der Waals surface area (Å²) in [5.41, 5.74) is -1.15. The molecule has 0 radical (unpaired) electrons. The van der Waals surface area contributed by atoms with Crippen molar-refractivity contribution in [2.24, 2.45) is 0 Å². The first kappa shape index (κ1) is 17.7. The first-order valence-corrected chi connectivity index (χ1v) is 7.58. The van der Waals surface area contributed by atoms with Crippen LogP contribution in [-0.2, 0) is 20.3 Å². The molecule has 0 N–H and O–H groups in total. The molecule has 0 aliphatic heterocycles. The zero-order chi connectivity index (χ0) is 16.9. The second-order valence-electron chi connectivity index (χ2n) is 4.36. The molecule has 1 aromatic rings. The third-order valence-corrected chi connectivity index (χ3v) is 4.09. The summed E-state index contributed by atoms with van der Waals surface area (Å²) in [6.45, 7) is 3.46. The fourth-order valence-electron chi connectivity index (χ4n) is 1.48. The summed E-state index contributed by atoms with van der Waals surface area (Å²) in [5.74, 6) is -1.30. The zero-order valence-electron chi connectivity index (χ0n) is 11.9. The molecule has 0 heterocycles. The van der Waals surface area contributed by atoms with E-state index in [0.29, 0.717) is 12.5 Å². The molecule has 22 heavy (non-hydrogen) atoms. The van der Waals surface area contributed by atoms with Crippen molar-refractivity contribution in [2.75, 3.05) is 5.75 Å². The van der Waals surface area contributed by atoms with Crippen LogP contribution in [-0.4, -0.2) is 31.9 Å². The van der Waals surface area contributed by atoms with Crippen LogP contribution in [0.1, 0.15) is 20.3 Å². The summed E-state index contributed by atoms with van der Waals surface area (Å²) in [5, 5.41) is 21.6. The molecule has 2 unspecified atom stereocenters. The van der Waals surface area contributed by atoms with Gasteiger partial charge >= 0.3 is 5.97 Å². The van der Waals surface area contributed by atoms with E-state index in [4.69, 9.17) is 4.74 Å². The Balaban J connectivity index is 3.00. The molecule has 0 aliphatic carbocycles. The van der Waals surface area contributed by atoms with E-state index in [0.717, 1.165) is 12.1 Å². The Bertz CT molecular complexity index is 632. The molecule has 1 rings (SSSR count). The van der Waals surface area contributed by atoms with Gasteiger partial charge < -0.3 is 4.74 Å². The van der Waals surface area contributed by atoms with Crippen LogP contribution in [0.5, 0.6) is 0 Å². The number of carbonyl (C=O) groups is 1. The summed E-state index contributed by atoms with van der Waals surface area (Å²) in [6.07, 6.45) is 0.229. The molecule has 0 aromatic heterocycles. The highest BCUT2D eigenvalue weighted by Gasteiger charge is 2.25. The fraction of sp³-hybridized carbons (Fsp3) is 0.417. The van der Waals surface area contributed by atoms with E-state index in [1.54, 1.807) is 13.8 Å². The van der Waals surface area contributed by atoms with Gasteiger partial charge in [-0.3, -0.25) is 29.2 Å². The van der Waals surface area contributed by atoms with Crippen LogP contribution in [0.4, 0.5) is 11.4 Å². The van der Waals surface area contributed by atoms with E-state index < -0.39 is 43.7 Å². The number of hydrogen-bond donors (Lipinski definition) is 0. The van der Waals surface area contributed by atoms with E-state index in [9.17, 15) is 29.2 Å². The molecule has 120 valence electrons. The van der Waals surface area contributed by atoms with Gasteiger partial charge in [0.1, 0.15) is 10.6 Å². The van der Waals surface area contributed by atoms with Crippen molar-refractivity contribution in [2.45, 2.75) is 31.3 Å². The Hall–Kier alpha value is -2.36. The molecular weight excluding hydrogens is 316 g/mol. The van der Waals surface area contributed by atoms with Gasteiger partial charge in [0.05, 0.1) is 32.8 Å². The lowest BCUT2D eigenvalue weighted by molar-refractivity contribution is -0.396. The Morgan fingerprint density at radius 3 is 2.45 bits per heavy atom. The maximum Gasteiger partial charge on any atom is 0.319 e. The van der Waals surface area contributed by atoms with Gasteiger partial charge in [0.2, 0.25) is 0 Å². The minimum absolute atomic E-state index is 0.253. The number of nitrogens with zero attached hydrogens (tertiary/aromatic N) is 2. The number of nitro benzene ring substituents is 2. The Morgan fingerprint density at radius 1 is 1.32 bits per heavy atom. The van der Waals surface area contributed by atoms with Gasteiger partial charge in [-0.05, 0) is 19.4 Å². The molecule has 10 heteroatoms. The number of non-ortho nitro benzene ring substituents is 1. The third-order valence-electron chi connectivity index (χ3n) is 2.75. The Kier molecular flexibility index (Phi) is 6.11. The van der Waals surface area contributed by atoms with Gasteiger partial charge in [-0.2, -0.15) is 0 Å². The number of ether oxygens (including phenoxy) is 1. The van der Waals surface area contributed by atoms with Crippen LogP contribution in [0.2, 0.25) is 0 Å². The SMILES string of the molecule is CCC(C)OC(=O)CS(=O)c1ccc([N+](=O)[O-])cc1[N+](=O)[O-]. The van der Waals surface area contributed by atoms with Crippen LogP contribution in [0.25, 0.3) is 0 Å². The van der Waals surface area contributed by atoms with Gasteiger partial charge in [-0.15, -0.1) is 0 Å². The highest BCUT2D eigenvalue weighted by atomic mass is 32.2. The van der Waals surface area contributed by atoms with E-state index in [-0.39, 0.29) is 11.0 Å². The summed E-state index contributed by atoms with van der Waals surface area (Å²) in [7, 11) is -2.02. The lowest BCUT2D eigenvalue weighted by Gasteiger charge is -2.10. The zero-order valence-corrected chi connectivity index (χ0v) is 12.7. The molecule has 0 spiro atoms. The maximum atomic E-state index is 12.1. The number of esters is 1. The topological polar surface area (TPSA) is 130 Å². The first-order valence-electron chi connectivity index (χ1n) is 6.27. The smallest absolute Gasteiger partial charge is 0.319 e. The summed E-state index contributed by atoms with van der Waals surface area (Å²) in [6, 6.07) is 2.73. The Morgan fingerprint density at radius 2 is 1.95 bits per heavy atom. The molecule has 0 saturated heterocycles. The molecule has 1 aromatic carbocycles. The van der Waals surface area contributed by atoms with E-state index in [1.807, 2.05) is 0 Å². The van der Waals surface area contributed by atoms with Crippen LogP contribution in [0.15, 0.2) is 23.1 Å². The Labute approximate surface area is 128 Å². The summed E-state index contributed by atoms with van der Waals surface area (Å²) in [4.78, 5) is 31.2. The number of hydrogen-bond acceptors (Lipinski definition) is 7. The van der Waals surface area contributed by atoms with E-state index in [1.165, 1.54) is 0 Å². The van der Waals surface area contributed by atoms with Crippen LogP contribution in [0.3, 0.4) is 0 Å². The van der Waals surface area contributed by atoms with Crippen molar-refractivity contribution in [3.05, 3.63) is 38.4 Å². The predicted octanol–water partition coefficient (Wildman–Crippen LogP) is 1.95. The first-order chi connectivity index (χ1) is 10.3. The third kappa shape index (κ3) is 4.58. The monoisotopic (exact) mass is 330 g/mol. The van der Waals surface area contributed by atoms with Crippen molar-refractivity contribution < 1.29 is 23.6 Å². The van der Waals surface area contributed by atoms with Gasteiger partial charge in [-0.25, -0.2) is 0 Å². The second kappa shape index (κ2) is 7.59. The largest absolute Gasteiger partial charge is 0.462 e. The highest BCUT2D eigenvalue weighted by Crippen LogP contribution is 2.27. The van der Waals surface area contributed by atoms with Crippen molar-refractivity contribution in [1.82, 2.24) is 0 Å². The average molecular weight is 330 g/mol. The normalized spacial score (nSPS) is 13.2. The van der Waals surface area contributed by atoms with Gasteiger partial charge in [0.25, 0.3) is 11.4 Å². The van der Waals surface area contributed by atoms with Crippen molar-refractivity contribution >= 4 is 28.1 Å².